The maximum absolute atomic E-state index is 12.9. The molecule has 0 bridgehead atoms. The van der Waals surface area contributed by atoms with Crippen molar-refractivity contribution >= 4 is 22.5 Å². The Hall–Kier alpha value is -3.10. The van der Waals surface area contributed by atoms with Crippen molar-refractivity contribution in [2.75, 3.05) is 12.4 Å². The molecule has 1 amide bonds. The van der Waals surface area contributed by atoms with Crippen molar-refractivity contribution < 1.29 is 22.7 Å². The molecular formula is C23H25F3N4O2. The number of anilines is 1. The molecule has 1 aliphatic rings. The van der Waals surface area contributed by atoms with E-state index in [0.717, 1.165) is 41.9 Å². The molecule has 0 saturated heterocycles. The molecule has 3 aromatic rings. The Balaban J connectivity index is 1.58. The number of carbonyl (C=O) groups excluding carboxylic acids is 1. The van der Waals surface area contributed by atoms with Crippen LogP contribution in [-0.4, -0.2) is 27.8 Å². The smallest absolute Gasteiger partial charge is 0.433 e. The third kappa shape index (κ3) is 4.56. The first-order valence-electron chi connectivity index (χ1n) is 10.7. The van der Waals surface area contributed by atoms with Gasteiger partial charge in [-0.15, -0.1) is 0 Å². The number of nitrogens with one attached hydrogen (secondary N) is 1. The van der Waals surface area contributed by atoms with Gasteiger partial charge in [-0.3, -0.25) is 14.5 Å². The third-order valence-corrected chi connectivity index (χ3v) is 6.17. The van der Waals surface area contributed by atoms with Gasteiger partial charge in [0.15, 0.2) is 0 Å². The monoisotopic (exact) mass is 446 g/mol. The fourth-order valence-corrected chi connectivity index (χ4v) is 4.26. The first-order chi connectivity index (χ1) is 15.3. The average Bonchev–Trinajstić information content (AvgIpc) is 3.21. The lowest BCUT2D eigenvalue weighted by Gasteiger charge is -2.27. The summed E-state index contributed by atoms with van der Waals surface area (Å²) in [6.07, 6.45) is 4.04. The molecule has 0 unspecified atom stereocenters. The second kappa shape index (κ2) is 8.80. The number of ether oxygens (including phenoxy) is 1. The Kier molecular flexibility index (Phi) is 6.08. The summed E-state index contributed by atoms with van der Waals surface area (Å²) in [5, 5.41) is 8.18. The number of hydrogen-bond donors (Lipinski definition) is 1. The fraction of sp³-hybridized carbons (Fsp3) is 0.435. The minimum atomic E-state index is -4.63. The molecule has 1 saturated carbocycles. The van der Waals surface area contributed by atoms with E-state index in [2.05, 4.69) is 17.2 Å². The van der Waals surface area contributed by atoms with Crippen LogP contribution < -0.4 is 10.1 Å². The largest absolute Gasteiger partial charge is 0.494 e. The molecule has 170 valence electrons. The molecular weight excluding hydrogens is 421 g/mol. The third-order valence-electron chi connectivity index (χ3n) is 6.17. The van der Waals surface area contributed by atoms with Crippen LogP contribution in [0.1, 0.15) is 61.1 Å². The number of aromatic nitrogens is 3. The number of alkyl halides is 3. The minimum absolute atomic E-state index is 0.141. The lowest BCUT2D eigenvalue weighted by molar-refractivity contribution is -0.141. The molecule has 1 fully saturated rings. The van der Waals surface area contributed by atoms with Crippen molar-refractivity contribution in [2.24, 2.45) is 5.92 Å². The quantitative estimate of drug-likeness (QED) is 0.534. The number of carbonyl (C=O) groups is 1. The van der Waals surface area contributed by atoms with E-state index in [1.807, 2.05) is 10.9 Å². The van der Waals surface area contributed by atoms with E-state index in [0.29, 0.717) is 17.5 Å². The molecule has 4 rings (SSSR count). The van der Waals surface area contributed by atoms with Crippen molar-refractivity contribution in [2.45, 2.75) is 51.2 Å². The standard InChI is InChI=1S/C23H25F3N4O2/c1-3-14-4-6-17(7-5-14)30-13-16-10-19(20(32-2)12-18(16)29-30)28-22(31)15-8-9-27-21(11-15)23(24,25)26/h8-14,17H,3-7H2,1-2H3,(H,28,31). The summed E-state index contributed by atoms with van der Waals surface area (Å²) in [5.41, 5.74) is -0.158. The summed E-state index contributed by atoms with van der Waals surface area (Å²) in [6.45, 7) is 2.23. The van der Waals surface area contributed by atoms with Crippen LogP contribution in [0.3, 0.4) is 0 Å². The number of fused-ring (bicyclic) bond motifs is 1. The second-order valence-corrected chi connectivity index (χ2v) is 8.18. The van der Waals surface area contributed by atoms with E-state index < -0.39 is 17.8 Å². The molecule has 1 N–H and O–H groups in total. The summed E-state index contributed by atoms with van der Waals surface area (Å²) in [5.74, 6) is 0.487. The predicted octanol–water partition coefficient (Wildman–Crippen LogP) is 5.85. The number of methoxy groups -OCH3 is 1. The SMILES string of the molecule is CCC1CCC(n2cc3cc(NC(=O)c4ccnc(C(F)(F)F)c4)c(OC)cc3n2)CC1. The Morgan fingerprint density at radius 2 is 1.97 bits per heavy atom. The number of benzene rings is 1. The molecule has 0 spiro atoms. The van der Waals surface area contributed by atoms with Crippen LogP contribution >= 0.6 is 0 Å². The fourth-order valence-electron chi connectivity index (χ4n) is 4.26. The first-order valence-corrected chi connectivity index (χ1v) is 10.7. The highest BCUT2D eigenvalue weighted by Gasteiger charge is 2.33. The molecule has 0 radical (unpaired) electrons. The highest BCUT2D eigenvalue weighted by Crippen LogP contribution is 2.36. The molecule has 9 heteroatoms. The Labute approximate surface area is 183 Å². The highest BCUT2D eigenvalue weighted by atomic mass is 19.4. The van der Waals surface area contributed by atoms with Gasteiger partial charge in [-0.25, -0.2) is 0 Å². The molecule has 32 heavy (non-hydrogen) atoms. The lowest BCUT2D eigenvalue weighted by atomic mass is 9.85. The molecule has 1 aliphatic carbocycles. The molecule has 0 aliphatic heterocycles. The summed E-state index contributed by atoms with van der Waals surface area (Å²) in [7, 11) is 1.47. The number of hydrogen-bond acceptors (Lipinski definition) is 4. The number of amides is 1. The predicted molar refractivity (Wildman–Crippen MR) is 115 cm³/mol. The summed E-state index contributed by atoms with van der Waals surface area (Å²) < 4.78 is 46.2. The van der Waals surface area contributed by atoms with Gasteiger partial charge in [0, 0.05) is 29.4 Å². The molecule has 0 atom stereocenters. The molecule has 1 aromatic carbocycles. The van der Waals surface area contributed by atoms with E-state index in [4.69, 9.17) is 9.84 Å². The van der Waals surface area contributed by atoms with E-state index in [1.165, 1.54) is 32.4 Å². The van der Waals surface area contributed by atoms with Gasteiger partial charge in [0.1, 0.15) is 11.4 Å². The van der Waals surface area contributed by atoms with Crippen LogP contribution in [0, 0.1) is 5.92 Å². The Morgan fingerprint density at radius 1 is 1.22 bits per heavy atom. The number of pyridine rings is 1. The van der Waals surface area contributed by atoms with Gasteiger partial charge >= 0.3 is 6.18 Å². The molecule has 2 heterocycles. The summed E-state index contributed by atoms with van der Waals surface area (Å²) in [4.78, 5) is 15.9. The van der Waals surface area contributed by atoms with Crippen LogP contribution in [0.25, 0.3) is 10.9 Å². The van der Waals surface area contributed by atoms with Gasteiger partial charge in [0.25, 0.3) is 5.91 Å². The minimum Gasteiger partial charge on any atom is -0.494 e. The van der Waals surface area contributed by atoms with E-state index in [-0.39, 0.29) is 5.56 Å². The van der Waals surface area contributed by atoms with Crippen LogP contribution in [0.15, 0.2) is 36.7 Å². The molecule has 2 aromatic heterocycles. The van der Waals surface area contributed by atoms with Crippen LogP contribution in [0.2, 0.25) is 0 Å². The zero-order chi connectivity index (χ0) is 22.9. The van der Waals surface area contributed by atoms with Gasteiger partial charge in [0.05, 0.1) is 24.4 Å². The second-order valence-electron chi connectivity index (χ2n) is 8.18. The zero-order valence-electron chi connectivity index (χ0n) is 17.9. The van der Waals surface area contributed by atoms with Gasteiger partial charge < -0.3 is 10.1 Å². The number of nitrogens with zero attached hydrogens (tertiary/aromatic N) is 3. The van der Waals surface area contributed by atoms with Crippen molar-refractivity contribution in [1.29, 1.82) is 0 Å². The molecule has 6 nitrogen and oxygen atoms in total. The zero-order valence-corrected chi connectivity index (χ0v) is 17.9. The van der Waals surface area contributed by atoms with E-state index in [1.54, 1.807) is 12.1 Å². The van der Waals surface area contributed by atoms with Gasteiger partial charge in [-0.1, -0.05) is 13.3 Å². The van der Waals surface area contributed by atoms with Crippen molar-refractivity contribution in [3.8, 4) is 5.75 Å². The highest BCUT2D eigenvalue weighted by molar-refractivity contribution is 6.06. The van der Waals surface area contributed by atoms with Crippen LogP contribution in [-0.2, 0) is 6.18 Å². The Bertz CT molecular complexity index is 1120. The van der Waals surface area contributed by atoms with Crippen molar-refractivity contribution in [1.82, 2.24) is 14.8 Å². The maximum Gasteiger partial charge on any atom is 0.433 e. The van der Waals surface area contributed by atoms with Crippen molar-refractivity contribution in [3.63, 3.8) is 0 Å². The average molecular weight is 446 g/mol. The summed E-state index contributed by atoms with van der Waals surface area (Å²) in [6, 6.07) is 5.77. The number of halogens is 3. The number of rotatable bonds is 5. The Morgan fingerprint density at radius 3 is 2.62 bits per heavy atom. The van der Waals surface area contributed by atoms with E-state index >= 15 is 0 Å². The van der Waals surface area contributed by atoms with E-state index in [9.17, 15) is 18.0 Å². The van der Waals surface area contributed by atoms with Crippen LogP contribution in [0.4, 0.5) is 18.9 Å². The van der Waals surface area contributed by atoms with Crippen LogP contribution in [0.5, 0.6) is 5.75 Å². The van der Waals surface area contributed by atoms with Gasteiger partial charge in [0.2, 0.25) is 0 Å². The van der Waals surface area contributed by atoms with Gasteiger partial charge in [-0.05, 0) is 49.8 Å². The topological polar surface area (TPSA) is 69.0 Å². The maximum atomic E-state index is 12.9. The lowest BCUT2D eigenvalue weighted by Crippen LogP contribution is -2.18. The first kappa shape index (κ1) is 22.1. The van der Waals surface area contributed by atoms with Gasteiger partial charge in [-0.2, -0.15) is 18.3 Å². The summed E-state index contributed by atoms with van der Waals surface area (Å²) >= 11 is 0. The normalized spacial score (nSPS) is 19.2. The van der Waals surface area contributed by atoms with Crippen molar-refractivity contribution in [3.05, 3.63) is 47.9 Å².